The van der Waals surface area contributed by atoms with E-state index in [-0.39, 0.29) is 22.7 Å². The van der Waals surface area contributed by atoms with Crippen molar-refractivity contribution in [3.63, 3.8) is 0 Å². The van der Waals surface area contributed by atoms with Crippen LogP contribution in [0.3, 0.4) is 0 Å². The molecular weight excluding hydrogens is 394 g/mol. The molecule has 3 aromatic rings. The van der Waals surface area contributed by atoms with Gasteiger partial charge in [0.25, 0.3) is 5.91 Å². The predicted octanol–water partition coefficient (Wildman–Crippen LogP) is 3.96. The van der Waals surface area contributed by atoms with Crippen LogP contribution in [-0.2, 0) is 0 Å². The highest BCUT2D eigenvalue weighted by molar-refractivity contribution is 5.95. The number of benzene rings is 1. The van der Waals surface area contributed by atoms with E-state index in [1.807, 2.05) is 0 Å². The van der Waals surface area contributed by atoms with Crippen LogP contribution in [0.5, 0.6) is 0 Å². The Kier molecular flexibility index (Phi) is 5.64. The normalized spacial score (nSPS) is 13.7. The fourth-order valence-corrected chi connectivity index (χ4v) is 2.61. The van der Waals surface area contributed by atoms with Gasteiger partial charge in [0, 0.05) is 11.1 Å². The lowest BCUT2D eigenvalue weighted by Gasteiger charge is -2.18. The fraction of sp³-hybridized carbons (Fsp3) is 0.211. The number of amides is 1. The van der Waals surface area contributed by atoms with Crippen molar-refractivity contribution in [1.82, 2.24) is 15.3 Å². The molecule has 0 saturated heterocycles. The Labute approximate surface area is 162 Å². The smallest absolute Gasteiger partial charge is 0.418 e. The molecule has 2 aromatic heterocycles. The standard InChI is InChI=1S/C19H15F4N3O3/c1-10(18-24-4-5-29-18)26-17(28)13-7-11(15-3-2-14(20)9-25-15)6-12(8-13)16(27)19(21,22)23/h2-10,16,27H,1H3,(H,26,28)/t10-,16?/m1/s1. The topological polar surface area (TPSA) is 88.2 Å². The Morgan fingerprint density at radius 2 is 1.97 bits per heavy atom. The number of hydrogen-bond donors (Lipinski definition) is 2. The quantitative estimate of drug-likeness (QED) is 0.623. The molecule has 0 radical (unpaired) electrons. The predicted molar refractivity (Wildman–Crippen MR) is 93.0 cm³/mol. The first-order valence-electron chi connectivity index (χ1n) is 8.37. The van der Waals surface area contributed by atoms with Crippen molar-refractivity contribution in [3.8, 4) is 11.3 Å². The fourth-order valence-electron chi connectivity index (χ4n) is 2.61. The number of hydrogen-bond acceptors (Lipinski definition) is 5. The van der Waals surface area contributed by atoms with E-state index in [0.717, 1.165) is 24.4 Å². The van der Waals surface area contributed by atoms with Crippen molar-refractivity contribution >= 4 is 5.91 Å². The second-order valence-electron chi connectivity index (χ2n) is 6.21. The van der Waals surface area contributed by atoms with Gasteiger partial charge >= 0.3 is 6.18 Å². The summed E-state index contributed by atoms with van der Waals surface area (Å²) in [6, 6.07) is 4.96. The van der Waals surface area contributed by atoms with Gasteiger partial charge in [-0.2, -0.15) is 13.2 Å². The van der Waals surface area contributed by atoms with E-state index >= 15 is 0 Å². The van der Waals surface area contributed by atoms with Gasteiger partial charge in [-0.25, -0.2) is 9.37 Å². The Morgan fingerprint density at radius 3 is 2.55 bits per heavy atom. The van der Waals surface area contributed by atoms with E-state index in [1.165, 1.54) is 24.6 Å². The first-order valence-corrected chi connectivity index (χ1v) is 8.37. The number of carbonyl (C=O) groups excluding carboxylic acids is 1. The molecule has 152 valence electrons. The van der Waals surface area contributed by atoms with Crippen LogP contribution in [0.15, 0.2) is 53.4 Å². The average molecular weight is 409 g/mol. The number of carbonyl (C=O) groups is 1. The molecular formula is C19H15F4N3O3. The summed E-state index contributed by atoms with van der Waals surface area (Å²) >= 11 is 0. The van der Waals surface area contributed by atoms with Crippen molar-refractivity contribution in [1.29, 1.82) is 0 Å². The zero-order valence-electron chi connectivity index (χ0n) is 14.9. The molecule has 2 N–H and O–H groups in total. The number of nitrogens with one attached hydrogen (secondary N) is 1. The van der Waals surface area contributed by atoms with Crippen molar-refractivity contribution in [3.05, 3.63) is 71.8 Å². The van der Waals surface area contributed by atoms with Gasteiger partial charge in [0.2, 0.25) is 5.89 Å². The van der Waals surface area contributed by atoms with Crippen LogP contribution < -0.4 is 5.32 Å². The van der Waals surface area contributed by atoms with E-state index in [2.05, 4.69) is 15.3 Å². The molecule has 1 amide bonds. The summed E-state index contributed by atoms with van der Waals surface area (Å²) < 4.78 is 57.2. The summed E-state index contributed by atoms with van der Waals surface area (Å²) in [5, 5.41) is 12.2. The number of oxazole rings is 1. The molecule has 2 heterocycles. The van der Waals surface area contributed by atoms with Gasteiger partial charge in [-0.15, -0.1) is 0 Å². The second kappa shape index (κ2) is 8.00. The average Bonchev–Trinajstić information content (AvgIpc) is 3.22. The molecule has 6 nitrogen and oxygen atoms in total. The molecule has 10 heteroatoms. The van der Waals surface area contributed by atoms with Crippen LogP contribution in [0, 0.1) is 5.82 Å². The van der Waals surface area contributed by atoms with Crippen LogP contribution in [0.1, 0.15) is 40.9 Å². The third-order valence-corrected chi connectivity index (χ3v) is 4.04. The number of aliphatic hydroxyl groups excluding tert-OH is 1. The SMILES string of the molecule is C[C@@H](NC(=O)c1cc(-c2ccc(F)cn2)cc(C(O)C(F)(F)F)c1)c1ncco1. The first kappa shape index (κ1) is 20.5. The summed E-state index contributed by atoms with van der Waals surface area (Å²) in [7, 11) is 0. The number of halogens is 4. The van der Waals surface area contributed by atoms with Crippen LogP contribution in [0.25, 0.3) is 11.3 Å². The molecule has 0 aliphatic carbocycles. The lowest BCUT2D eigenvalue weighted by atomic mass is 9.99. The Morgan fingerprint density at radius 1 is 1.21 bits per heavy atom. The minimum atomic E-state index is -4.94. The van der Waals surface area contributed by atoms with Crippen LogP contribution in [0.4, 0.5) is 17.6 Å². The molecule has 0 spiro atoms. The van der Waals surface area contributed by atoms with E-state index in [9.17, 15) is 27.5 Å². The van der Waals surface area contributed by atoms with E-state index in [1.54, 1.807) is 6.92 Å². The summed E-state index contributed by atoms with van der Waals surface area (Å²) in [5.41, 5.74) is -0.447. The van der Waals surface area contributed by atoms with Gasteiger partial charge in [0.05, 0.1) is 18.1 Å². The van der Waals surface area contributed by atoms with Crippen molar-refractivity contribution in [2.75, 3.05) is 0 Å². The van der Waals surface area contributed by atoms with Gasteiger partial charge in [0.15, 0.2) is 6.10 Å². The van der Waals surface area contributed by atoms with E-state index in [0.29, 0.717) is 0 Å². The van der Waals surface area contributed by atoms with Crippen LogP contribution in [0.2, 0.25) is 0 Å². The minimum Gasteiger partial charge on any atom is -0.447 e. The van der Waals surface area contributed by atoms with Gasteiger partial charge in [-0.3, -0.25) is 9.78 Å². The highest BCUT2D eigenvalue weighted by atomic mass is 19.4. The Bertz CT molecular complexity index is 989. The molecule has 0 saturated carbocycles. The lowest BCUT2D eigenvalue weighted by molar-refractivity contribution is -0.206. The maximum atomic E-state index is 13.1. The molecule has 0 fully saturated rings. The van der Waals surface area contributed by atoms with Crippen molar-refractivity contribution < 1.29 is 31.9 Å². The maximum absolute atomic E-state index is 13.1. The number of pyridine rings is 1. The number of rotatable bonds is 5. The lowest BCUT2D eigenvalue weighted by Crippen LogP contribution is -2.27. The number of alkyl halides is 3. The van der Waals surface area contributed by atoms with Gasteiger partial charge in [-0.05, 0) is 42.8 Å². The van der Waals surface area contributed by atoms with Crippen molar-refractivity contribution in [2.45, 2.75) is 25.2 Å². The summed E-state index contributed by atoms with van der Waals surface area (Å²) in [6.45, 7) is 1.58. The highest BCUT2D eigenvalue weighted by Gasteiger charge is 2.39. The second-order valence-corrected chi connectivity index (χ2v) is 6.21. The molecule has 0 aliphatic rings. The molecule has 29 heavy (non-hydrogen) atoms. The van der Waals surface area contributed by atoms with Crippen LogP contribution >= 0.6 is 0 Å². The number of nitrogens with zero attached hydrogens (tertiary/aromatic N) is 2. The minimum absolute atomic E-state index is 0.111. The van der Waals surface area contributed by atoms with Gasteiger partial charge in [0.1, 0.15) is 18.1 Å². The third-order valence-electron chi connectivity index (χ3n) is 4.04. The molecule has 0 bridgehead atoms. The molecule has 1 unspecified atom stereocenters. The third kappa shape index (κ3) is 4.77. The first-order chi connectivity index (χ1) is 13.6. The number of aliphatic hydroxyl groups is 1. The zero-order chi connectivity index (χ0) is 21.2. The molecule has 3 rings (SSSR count). The highest BCUT2D eigenvalue weighted by Crippen LogP contribution is 2.35. The summed E-state index contributed by atoms with van der Waals surface area (Å²) in [5.74, 6) is -1.13. The molecule has 1 aromatic carbocycles. The monoisotopic (exact) mass is 409 g/mol. The summed E-state index contributed by atoms with van der Waals surface area (Å²) in [6.07, 6.45) is -4.15. The molecule has 2 atom stereocenters. The maximum Gasteiger partial charge on any atom is 0.418 e. The van der Waals surface area contributed by atoms with E-state index < -0.39 is 35.6 Å². The van der Waals surface area contributed by atoms with Crippen LogP contribution in [-0.4, -0.2) is 27.2 Å². The zero-order valence-corrected chi connectivity index (χ0v) is 14.9. The Hall–Kier alpha value is -3.27. The Balaban J connectivity index is 1.99. The number of aromatic nitrogens is 2. The molecule has 0 aliphatic heterocycles. The van der Waals surface area contributed by atoms with E-state index in [4.69, 9.17) is 4.42 Å². The van der Waals surface area contributed by atoms with Gasteiger partial charge < -0.3 is 14.8 Å². The summed E-state index contributed by atoms with van der Waals surface area (Å²) in [4.78, 5) is 20.3. The largest absolute Gasteiger partial charge is 0.447 e. The van der Waals surface area contributed by atoms with Gasteiger partial charge in [-0.1, -0.05) is 0 Å². The van der Waals surface area contributed by atoms with Crippen molar-refractivity contribution in [2.24, 2.45) is 0 Å².